The third-order valence-corrected chi connectivity index (χ3v) is 3.66. The van der Waals surface area contributed by atoms with E-state index in [1.807, 2.05) is 20.2 Å². The van der Waals surface area contributed by atoms with Crippen LogP contribution in [0.4, 0.5) is 23.4 Å². The van der Waals surface area contributed by atoms with Gasteiger partial charge < -0.3 is 20.4 Å². The van der Waals surface area contributed by atoms with Gasteiger partial charge in [-0.25, -0.2) is 4.98 Å². The lowest BCUT2D eigenvalue weighted by molar-refractivity contribution is 0.634. The first-order valence-corrected chi connectivity index (χ1v) is 7.30. The van der Waals surface area contributed by atoms with E-state index in [1.54, 1.807) is 18.6 Å². The molecule has 0 spiro atoms. The minimum absolute atomic E-state index is 0.745. The molecule has 1 aliphatic rings. The third kappa shape index (κ3) is 3.00. The molecule has 3 heterocycles. The first kappa shape index (κ1) is 14.3. The first-order valence-electron chi connectivity index (χ1n) is 7.30. The number of anilines is 4. The molecule has 2 N–H and O–H groups in total. The Hall–Kier alpha value is -2.64. The summed E-state index contributed by atoms with van der Waals surface area (Å²) in [6.07, 6.45) is 5.21. The second-order valence-corrected chi connectivity index (χ2v) is 4.98. The molecule has 0 aliphatic carbocycles. The molecule has 0 atom stereocenters. The van der Waals surface area contributed by atoms with Crippen LogP contribution >= 0.6 is 0 Å². The Morgan fingerprint density at radius 1 is 0.909 bits per heavy atom. The van der Waals surface area contributed by atoms with Crippen LogP contribution < -0.4 is 20.4 Å². The molecule has 0 saturated carbocycles. The van der Waals surface area contributed by atoms with Crippen molar-refractivity contribution in [3.63, 3.8) is 0 Å². The van der Waals surface area contributed by atoms with Crippen molar-refractivity contribution in [2.45, 2.75) is 0 Å². The van der Waals surface area contributed by atoms with Gasteiger partial charge in [0.1, 0.15) is 17.5 Å². The summed E-state index contributed by atoms with van der Waals surface area (Å²) in [6.45, 7) is 3.46. The summed E-state index contributed by atoms with van der Waals surface area (Å²) in [4.78, 5) is 22.0. The molecule has 3 rings (SSSR count). The zero-order valence-corrected chi connectivity index (χ0v) is 12.8. The van der Waals surface area contributed by atoms with Crippen LogP contribution in [0, 0.1) is 0 Å². The number of hydrogen-bond acceptors (Lipinski definition) is 8. The van der Waals surface area contributed by atoms with Crippen LogP contribution in [-0.2, 0) is 0 Å². The lowest BCUT2D eigenvalue weighted by atomic mass is 10.3. The summed E-state index contributed by atoms with van der Waals surface area (Å²) in [5.74, 6) is 3.29. The Morgan fingerprint density at radius 2 is 1.55 bits per heavy atom. The summed E-state index contributed by atoms with van der Waals surface area (Å²) >= 11 is 0. The van der Waals surface area contributed by atoms with Crippen molar-refractivity contribution in [3.8, 4) is 0 Å². The minimum Gasteiger partial charge on any atom is -0.373 e. The molecule has 0 bridgehead atoms. The predicted molar refractivity (Wildman–Crippen MR) is 87.6 cm³/mol. The van der Waals surface area contributed by atoms with Gasteiger partial charge in [0.15, 0.2) is 0 Å². The fraction of sp³-hybridized carbons (Fsp3) is 0.429. The second-order valence-electron chi connectivity index (χ2n) is 4.98. The van der Waals surface area contributed by atoms with Crippen molar-refractivity contribution in [3.05, 3.63) is 24.7 Å². The van der Waals surface area contributed by atoms with Crippen LogP contribution in [0.5, 0.6) is 0 Å². The van der Waals surface area contributed by atoms with Gasteiger partial charge in [-0.3, -0.25) is 4.98 Å². The number of rotatable bonds is 4. The number of hydrogen-bond donors (Lipinski definition) is 2. The summed E-state index contributed by atoms with van der Waals surface area (Å²) in [5.41, 5.74) is 0. The smallest absolute Gasteiger partial charge is 0.229 e. The molecule has 22 heavy (non-hydrogen) atoms. The zero-order chi connectivity index (χ0) is 15.4. The molecule has 0 amide bonds. The van der Waals surface area contributed by atoms with E-state index in [1.165, 1.54) is 0 Å². The summed E-state index contributed by atoms with van der Waals surface area (Å²) in [5, 5.41) is 6.14. The highest BCUT2D eigenvalue weighted by Gasteiger charge is 2.20. The van der Waals surface area contributed by atoms with Gasteiger partial charge >= 0.3 is 0 Å². The molecule has 8 heteroatoms. The van der Waals surface area contributed by atoms with Crippen molar-refractivity contribution < 1.29 is 0 Å². The van der Waals surface area contributed by atoms with Gasteiger partial charge in [0.25, 0.3) is 0 Å². The molecular weight excluding hydrogens is 280 g/mol. The molecule has 0 aromatic carbocycles. The van der Waals surface area contributed by atoms with Crippen LogP contribution in [0.1, 0.15) is 0 Å². The maximum Gasteiger partial charge on any atom is 0.229 e. The lowest BCUT2D eigenvalue weighted by Gasteiger charge is -2.35. The number of nitrogens with one attached hydrogen (secondary N) is 2. The van der Waals surface area contributed by atoms with Gasteiger partial charge in [-0.2, -0.15) is 9.97 Å². The molecule has 1 saturated heterocycles. The number of piperazine rings is 1. The largest absolute Gasteiger partial charge is 0.373 e. The Kier molecular flexibility index (Phi) is 4.17. The topological polar surface area (TPSA) is 82.1 Å². The molecule has 116 valence electrons. The van der Waals surface area contributed by atoms with Crippen molar-refractivity contribution in [2.24, 2.45) is 0 Å². The van der Waals surface area contributed by atoms with E-state index in [4.69, 9.17) is 0 Å². The molecule has 2 aromatic heterocycles. The van der Waals surface area contributed by atoms with Crippen LogP contribution in [0.25, 0.3) is 0 Å². The van der Waals surface area contributed by atoms with Crippen molar-refractivity contribution in [1.82, 2.24) is 19.9 Å². The van der Waals surface area contributed by atoms with Gasteiger partial charge in [0.05, 0.1) is 6.20 Å². The van der Waals surface area contributed by atoms with Crippen LogP contribution in [0.15, 0.2) is 24.7 Å². The Balaban J connectivity index is 1.71. The zero-order valence-electron chi connectivity index (χ0n) is 12.8. The molecule has 1 fully saturated rings. The molecule has 8 nitrogen and oxygen atoms in total. The highest BCUT2D eigenvalue weighted by Crippen LogP contribution is 2.19. The molecule has 0 unspecified atom stereocenters. The number of aromatic nitrogens is 4. The van der Waals surface area contributed by atoms with E-state index < -0.39 is 0 Å². The van der Waals surface area contributed by atoms with Crippen molar-refractivity contribution in [1.29, 1.82) is 0 Å². The number of nitrogens with zero attached hydrogens (tertiary/aromatic N) is 6. The fourth-order valence-electron chi connectivity index (χ4n) is 2.42. The Morgan fingerprint density at radius 3 is 2.09 bits per heavy atom. The second kappa shape index (κ2) is 6.42. The quantitative estimate of drug-likeness (QED) is 0.853. The average Bonchev–Trinajstić information content (AvgIpc) is 2.62. The maximum absolute atomic E-state index is 4.54. The van der Waals surface area contributed by atoms with E-state index >= 15 is 0 Å². The molecule has 0 radical (unpaired) electrons. The van der Waals surface area contributed by atoms with Gasteiger partial charge in [-0.15, -0.1) is 0 Å². The van der Waals surface area contributed by atoms with Crippen LogP contribution in [0.3, 0.4) is 0 Å². The van der Waals surface area contributed by atoms with Gasteiger partial charge in [0, 0.05) is 58.7 Å². The first-order chi connectivity index (χ1) is 10.8. The average molecular weight is 300 g/mol. The maximum atomic E-state index is 4.54. The molecule has 2 aromatic rings. The third-order valence-electron chi connectivity index (χ3n) is 3.66. The van der Waals surface area contributed by atoms with E-state index in [9.17, 15) is 0 Å². The SMILES string of the molecule is CNc1cc(NC)nc(N2CCN(c3cnccn3)CC2)n1. The minimum atomic E-state index is 0.745. The fourth-order valence-corrected chi connectivity index (χ4v) is 2.42. The van der Waals surface area contributed by atoms with Crippen molar-refractivity contribution in [2.75, 3.05) is 60.7 Å². The molecular formula is C14H20N8. The normalized spacial score (nSPS) is 14.8. The predicted octanol–water partition coefficient (Wildman–Crippen LogP) is 0.677. The van der Waals surface area contributed by atoms with Crippen molar-refractivity contribution >= 4 is 23.4 Å². The summed E-state index contributed by atoms with van der Waals surface area (Å²) < 4.78 is 0. The van der Waals surface area contributed by atoms with Gasteiger partial charge in [-0.1, -0.05) is 0 Å². The van der Waals surface area contributed by atoms with Gasteiger partial charge in [-0.05, 0) is 0 Å². The monoisotopic (exact) mass is 300 g/mol. The van der Waals surface area contributed by atoms with Crippen LogP contribution in [0.2, 0.25) is 0 Å². The Labute approximate surface area is 129 Å². The van der Waals surface area contributed by atoms with E-state index in [2.05, 4.69) is 40.4 Å². The highest BCUT2D eigenvalue weighted by atomic mass is 15.3. The van der Waals surface area contributed by atoms with E-state index in [0.29, 0.717) is 0 Å². The molecule has 1 aliphatic heterocycles. The summed E-state index contributed by atoms with van der Waals surface area (Å²) in [7, 11) is 3.72. The van der Waals surface area contributed by atoms with Crippen LogP contribution in [-0.4, -0.2) is 60.2 Å². The lowest BCUT2D eigenvalue weighted by Crippen LogP contribution is -2.47. The standard InChI is InChI=1S/C14H20N8/c1-15-11-9-12(16-2)20-14(19-11)22-7-5-21(6-8-22)13-10-17-3-4-18-13/h3-4,9-10H,5-8H2,1-2H3,(H2,15,16,19,20). The van der Waals surface area contributed by atoms with E-state index in [-0.39, 0.29) is 0 Å². The highest BCUT2D eigenvalue weighted by molar-refractivity contribution is 5.53. The Bertz CT molecular complexity index is 587. The van der Waals surface area contributed by atoms with Gasteiger partial charge in [0.2, 0.25) is 5.95 Å². The summed E-state index contributed by atoms with van der Waals surface area (Å²) in [6, 6.07) is 1.89. The van der Waals surface area contributed by atoms with E-state index in [0.717, 1.165) is 49.6 Å².